The molecule has 1 saturated carbocycles. The molecule has 4 N–H and O–H groups in total. The van der Waals surface area contributed by atoms with Gasteiger partial charge in [0, 0.05) is 13.2 Å². The topological polar surface area (TPSA) is 84.6 Å². The highest BCUT2D eigenvalue weighted by atomic mass is 16.5. The fraction of sp³-hybridized carbons (Fsp3) is 0.917. The predicted molar refractivity (Wildman–Crippen MR) is 65.5 cm³/mol. The molecule has 1 aliphatic carbocycles. The molecule has 0 aromatic carbocycles. The first kappa shape index (κ1) is 14.4. The molecule has 0 saturated heterocycles. The van der Waals surface area contributed by atoms with Gasteiger partial charge in [-0.25, -0.2) is 0 Å². The Morgan fingerprint density at radius 2 is 2.18 bits per heavy atom. The van der Waals surface area contributed by atoms with Crippen LogP contribution in [0.3, 0.4) is 0 Å². The molecule has 1 fully saturated rings. The summed E-state index contributed by atoms with van der Waals surface area (Å²) in [7, 11) is 0. The lowest BCUT2D eigenvalue weighted by atomic mass is 9.98. The van der Waals surface area contributed by atoms with Gasteiger partial charge in [-0.3, -0.25) is 4.79 Å². The molecule has 5 heteroatoms. The van der Waals surface area contributed by atoms with Gasteiger partial charge in [0.2, 0.25) is 5.91 Å². The van der Waals surface area contributed by atoms with E-state index in [1.54, 1.807) is 0 Å². The highest BCUT2D eigenvalue weighted by molar-refractivity contribution is 5.77. The van der Waals surface area contributed by atoms with Crippen molar-refractivity contribution < 1.29 is 14.6 Å². The van der Waals surface area contributed by atoms with E-state index in [9.17, 15) is 9.90 Å². The number of nitrogens with one attached hydrogen (secondary N) is 1. The maximum absolute atomic E-state index is 11.8. The lowest BCUT2D eigenvalue weighted by Gasteiger charge is -2.28. The highest BCUT2D eigenvalue weighted by Gasteiger charge is 2.34. The van der Waals surface area contributed by atoms with Crippen LogP contribution in [-0.2, 0) is 9.53 Å². The largest absolute Gasteiger partial charge is 0.394 e. The fourth-order valence-electron chi connectivity index (χ4n) is 2.37. The number of rotatable bonds is 7. The zero-order valence-electron chi connectivity index (χ0n) is 10.6. The van der Waals surface area contributed by atoms with Gasteiger partial charge in [0.15, 0.2) is 0 Å². The summed E-state index contributed by atoms with van der Waals surface area (Å²) in [5.41, 5.74) is 5.13. The average molecular weight is 244 g/mol. The summed E-state index contributed by atoms with van der Waals surface area (Å²) in [5, 5.41) is 12.3. The van der Waals surface area contributed by atoms with Gasteiger partial charge < -0.3 is 20.9 Å². The molecule has 0 heterocycles. The molecule has 17 heavy (non-hydrogen) atoms. The van der Waals surface area contributed by atoms with Gasteiger partial charge >= 0.3 is 0 Å². The molecule has 0 bridgehead atoms. The molecule has 1 rings (SSSR count). The molecule has 1 amide bonds. The van der Waals surface area contributed by atoms with Gasteiger partial charge in [-0.15, -0.1) is 0 Å². The van der Waals surface area contributed by atoms with Crippen LogP contribution in [0.4, 0.5) is 0 Å². The van der Waals surface area contributed by atoms with E-state index in [-0.39, 0.29) is 25.0 Å². The number of ether oxygens (including phenoxy) is 1. The van der Waals surface area contributed by atoms with Gasteiger partial charge in [0.05, 0.1) is 24.7 Å². The Labute approximate surface area is 103 Å². The third-order valence-corrected chi connectivity index (χ3v) is 3.35. The molecule has 1 unspecified atom stereocenters. The van der Waals surface area contributed by atoms with Crippen molar-refractivity contribution in [2.24, 2.45) is 5.73 Å². The smallest absolute Gasteiger partial charge is 0.223 e. The van der Waals surface area contributed by atoms with E-state index >= 15 is 0 Å². The number of carbonyl (C=O) groups excluding carboxylic acids is 1. The minimum Gasteiger partial charge on any atom is -0.394 e. The van der Waals surface area contributed by atoms with Gasteiger partial charge in [-0.1, -0.05) is 12.8 Å². The molecule has 1 atom stereocenters. The van der Waals surface area contributed by atoms with Crippen LogP contribution in [0.25, 0.3) is 0 Å². The van der Waals surface area contributed by atoms with Crippen LogP contribution in [0.5, 0.6) is 0 Å². The van der Waals surface area contributed by atoms with Crippen LogP contribution >= 0.6 is 0 Å². The Hall–Kier alpha value is -0.650. The molecular weight excluding hydrogens is 220 g/mol. The van der Waals surface area contributed by atoms with E-state index in [0.717, 1.165) is 25.7 Å². The number of hydrogen-bond acceptors (Lipinski definition) is 4. The number of amides is 1. The van der Waals surface area contributed by atoms with Gasteiger partial charge in [0.1, 0.15) is 0 Å². The lowest BCUT2D eigenvalue weighted by Crippen LogP contribution is -2.50. The SMILES string of the molecule is CCOC(CN)CC(=O)NC1(CO)CCCC1. The normalized spacial score (nSPS) is 20.2. The van der Waals surface area contributed by atoms with Crippen molar-refractivity contribution in [3.63, 3.8) is 0 Å². The Morgan fingerprint density at radius 1 is 1.53 bits per heavy atom. The quantitative estimate of drug-likeness (QED) is 0.595. The van der Waals surface area contributed by atoms with Crippen molar-refractivity contribution in [2.75, 3.05) is 19.8 Å². The van der Waals surface area contributed by atoms with E-state index in [4.69, 9.17) is 10.5 Å². The monoisotopic (exact) mass is 244 g/mol. The highest BCUT2D eigenvalue weighted by Crippen LogP contribution is 2.29. The minimum atomic E-state index is -0.400. The van der Waals surface area contributed by atoms with Crippen LogP contribution < -0.4 is 11.1 Å². The zero-order chi connectivity index (χ0) is 12.7. The number of aliphatic hydroxyl groups excluding tert-OH is 1. The minimum absolute atomic E-state index is 0.0146. The van der Waals surface area contributed by atoms with E-state index in [1.807, 2.05) is 6.92 Å². The van der Waals surface area contributed by atoms with Crippen molar-refractivity contribution in [3.8, 4) is 0 Å². The summed E-state index contributed by atoms with van der Waals surface area (Å²) in [6.45, 7) is 2.79. The number of nitrogens with two attached hydrogens (primary N) is 1. The predicted octanol–water partition coefficient (Wildman–Crippen LogP) is 0.162. The number of aliphatic hydroxyl groups is 1. The van der Waals surface area contributed by atoms with E-state index < -0.39 is 5.54 Å². The zero-order valence-corrected chi connectivity index (χ0v) is 10.6. The second-order valence-corrected chi connectivity index (χ2v) is 4.71. The van der Waals surface area contributed by atoms with Crippen molar-refractivity contribution in [2.45, 2.75) is 50.7 Å². The van der Waals surface area contributed by atoms with Gasteiger partial charge in [0.25, 0.3) is 0 Å². The Bertz CT molecular complexity index is 240. The lowest BCUT2D eigenvalue weighted by molar-refractivity contribution is -0.126. The maximum atomic E-state index is 11.8. The van der Waals surface area contributed by atoms with Crippen molar-refractivity contribution in [1.29, 1.82) is 0 Å². The Morgan fingerprint density at radius 3 is 2.65 bits per heavy atom. The molecular formula is C12H24N2O3. The Kier molecular flexibility index (Phi) is 5.88. The standard InChI is InChI=1S/C12H24N2O3/c1-2-17-10(8-13)7-11(16)14-12(9-15)5-3-4-6-12/h10,15H,2-9,13H2,1H3,(H,14,16). The first-order valence-electron chi connectivity index (χ1n) is 6.39. The van der Waals surface area contributed by atoms with E-state index in [1.165, 1.54) is 0 Å². The first-order chi connectivity index (χ1) is 8.15. The number of hydrogen-bond donors (Lipinski definition) is 3. The van der Waals surface area contributed by atoms with Crippen LogP contribution in [-0.4, -0.2) is 42.4 Å². The van der Waals surface area contributed by atoms with Gasteiger partial charge in [-0.2, -0.15) is 0 Å². The summed E-state index contributed by atoms with van der Waals surface area (Å²) in [4.78, 5) is 11.8. The summed E-state index contributed by atoms with van der Waals surface area (Å²) in [6, 6.07) is 0. The maximum Gasteiger partial charge on any atom is 0.223 e. The van der Waals surface area contributed by atoms with Crippen molar-refractivity contribution in [3.05, 3.63) is 0 Å². The van der Waals surface area contributed by atoms with Crippen molar-refractivity contribution in [1.82, 2.24) is 5.32 Å². The van der Waals surface area contributed by atoms with Crippen LogP contribution in [0.15, 0.2) is 0 Å². The molecule has 0 aromatic rings. The Balaban J connectivity index is 2.42. The first-order valence-corrected chi connectivity index (χ1v) is 6.39. The summed E-state index contributed by atoms with van der Waals surface area (Å²) >= 11 is 0. The van der Waals surface area contributed by atoms with Crippen LogP contribution in [0.2, 0.25) is 0 Å². The number of carbonyl (C=O) groups is 1. The second kappa shape index (κ2) is 6.93. The van der Waals surface area contributed by atoms with Crippen LogP contribution in [0, 0.1) is 0 Å². The molecule has 0 radical (unpaired) electrons. The van der Waals surface area contributed by atoms with Crippen LogP contribution in [0.1, 0.15) is 39.0 Å². The summed E-state index contributed by atoms with van der Waals surface area (Å²) in [5.74, 6) is -0.0788. The summed E-state index contributed by atoms with van der Waals surface area (Å²) < 4.78 is 5.34. The fourth-order valence-corrected chi connectivity index (χ4v) is 2.37. The molecule has 1 aliphatic rings. The third kappa shape index (κ3) is 4.26. The molecule has 0 spiro atoms. The van der Waals surface area contributed by atoms with Crippen molar-refractivity contribution >= 4 is 5.91 Å². The molecule has 0 aromatic heterocycles. The van der Waals surface area contributed by atoms with E-state index in [0.29, 0.717) is 13.2 Å². The molecule has 5 nitrogen and oxygen atoms in total. The molecule has 100 valence electrons. The van der Waals surface area contributed by atoms with Gasteiger partial charge in [-0.05, 0) is 19.8 Å². The second-order valence-electron chi connectivity index (χ2n) is 4.71. The average Bonchev–Trinajstić information content (AvgIpc) is 2.77. The third-order valence-electron chi connectivity index (χ3n) is 3.35. The van der Waals surface area contributed by atoms with E-state index in [2.05, 4.69) is 5.32 Å². The summed E-state index contributed by atoms with van der Waals surface area (Å²) in [6.07, 6.45) is 3.89. The molecule has 0 aliphatic heterocycles.